The molecule has 1 aromatic heterocycles. The van der Waals surface area contributed by atoms with Gasteiger partial charge in [-0.3, -0.25) is 4.79 Å². The highest BCUT2D eigenvalue weighted by atomic mass is 32.2. The zero-order chi connectivity index (χ0) is 17.2. The summed E-state index contributed by atoms with van der Waals surface area (Å²) in [6.45, 7) is 2.82. The van der Waals surface area contributed by atoms with Gasteiger partial charge in [-0.25, -0.2) is 18.5 Å². The third kappa shape index (κ3) is 3.89. The van der Waals surface area contributed by atoms with Crippen LogP contribution in [0.3, 0.4) is 0 Å². The highest BCUT2D eigenvalue weighted by Gasteiger charge is 2.15. The maximum absolute atomic E-state index is 11.8. The maximum atomic E-state index is 11.8. The van der Waals surface area contributed by atoms with E-state index in [-0.39, 0.29) is 10.8 Å². The molecule has 0 aliphatic carbocycles. The van der Waals surface area contributed by atoms with E-state index in [1.54, 1.807) is 25.1 Å². The summed E-state index contributed by atoms with van der Waals surface area (Å²) in [6, 6.07) is 4.68. The zero-order valence-electron chi connectivity index (χ0n) is 13.6. The van der Waals surface area contributed by atoms with Crippen molar-refractivity contribution in [2.24, 2.45) is 5.14 Å². The Kier molecular flexibility index (Phi) is 5.06. The molecule has 0 bridgehead atoms. The van der Waals surface area contributed by atoms with Gasteiger partial charge in [0.05, 0.1) is 15.9 Å². The summed E-state index contributed by atoms with van der Waals surface area (Å²) in [5.74, 6) is 0.814. The predicted octanol–water partition coefficient (Wildman–Crippen LogP) is 1.11. The van der Waals surface area contributed by atoms with E-state index in [1.165, 1.54) is 12.1 Å². The minimum absolute atomic E-state index is 0.0327. The standard InChI is InChI=1S/C15H22N4O3S/c1-4-9-19-13-6-5-11(23(16,21)22)10-12(13)17-14(19)7-8-15(20)18(2)3/h5-6,10H,4,7-9H2,1-3H3,(H2,16,21,22). The van der Waals surface area contributed by atoms with Crippen molar-refractivity contribution in [3.8, 4) is 0 Å². The van der Waals surface area contributed by atoms with Crippen LogP contribution in [0.15, 0.2) is 23.1 Å². The molecule has 0 saturated carbocycles. The lowest BCUT2D eigenvalue weighted by molar-refractivity contribution is -0.128. The SMILES string of the molecule is CCCn1c(CCC(=O)N(C)C)nc2cc(S(N)(=O)=O)ccc21. The summed E-state index contributed by atoms with van der Waals surface area (Å²) in [6.07, 6.45) is 1.79. The van der Waals surface area contributed by atoms with Crippen molar-refractivity contribution in [1.29, 1.82) is 0 Å². The minimum atomic E-state index is -3.76. The van der Waals surface area contributed by atoms with Crippen LogP contribution >= 0.6 is 0 Å². The van der Waals surface area contributed by atoms with Gasteiger partial charge in [-0.1, -0.05) is 6.92 Å². The lowest BCUT2D eigenvalue weighted by Gasteiger charge is -2.11. The molecule has 2 rings (SSSR count). The molecular formula is C15H22N4O3S. The molecule has 2 N–H and O–H groups in total. The van der Waals surface area contributed by atoms with E-state index in [0.717, 1.165) is 24.3 Å². The van der Waals surface area contributed by atoms with Gasteiger partial charge < -0.3 is 9.47 Å². The molecule has 0 aliphatic heterocycles. The Hall–Kier alpha value is -1.93. The fourth-order valence-corrected chi connectivity index (χ4v) is 2.98. The van der Waals surface area contributed by atoms with Crippen LogP contribution in [0, 0.1) is 0 Å². The first kappa shape index (κ1) is 17.4. The van der Waals surface area contributed by atoms with E-state index < -0.39 is 10.0 Å². The van der Waals surface area contributed by atoms with E-state index in [9.17, 15) is 13.2 Å². The van der Waals surface area contributed by atoms with Crippen LogP contribution in [-0.2, 0) is 27.8 Å². The van der Waals surface area contributed by atoms with E-state index in [1.807, 2.05) is 4.57 Å². The van der Waals surface area contributed by atoms with Gasteiger partial charge in [0.2, 0.25) is 15.9 Å². The van der Waals surface area contributed by atoms with Crippen LogP contribution in [0.5, 0.6) is 0 Å². The number of imidazole rings is 1. The lowest BCUT2D eigenvalue weighted by Crippen LogP contribution is -2.22. The number of nitrogens with two attached hydrogens (primary N) is 1. The summed E-state index contributed by atoms with van der Waals surface area (Å²) in [7, 11) is -0.321. The number of rotatable bonds is 6. The second kappa shape index (κ2) is 6.67. The molecule has 0 spiro atoms. The largest absolute Gasteiger partial charge is 0.349 e. The molecule has 23 heavy (non-hydrogen) atoms. The van der Waals surface area contributed by atoms with Crippen LogP contribution in [-0.4, -0.2) is 42.9 Å². The van der Waals surface area contributed by atoms with E-state index in [4.69, 9.17) is 5.14 Å². The molecule has 0 atom stereocenters. The number of aryl methyl sites for hydroxylation is 2. The molecule has 1 aromatic carbocycles. The number of sulfonamides is 1. The molecule has 0 aliphatic rings. The van der Waals surface area contributed by atoms with Gasteiger partial charge in [0, 0.05) is 33.5 Å². The number of nitrogens with zero attached hydrogens (tertiary/aromatic N) is 3. The molecular weight excluding hydrogens is 316 g/mol. The van der Waals surface area contributed by atoms with Crippen LogP contribution in [0.1, 0.15) is 25.6 Å². The fourth-order valence-electron chi connectivity index (χ4n) is 2.44. The van der Waals surface area contributed by atoms with Crippen LogP contribution in [0.4, 0.5) is 0 Å². The topological polar surface area (TPSA) is 98.3 Å². The smallest absolute Gasteiger partial charge is 0.238 e. The zero-order valence-corrected chi connectivity index (χ0v) is 14.4. The third-order valence-electron chi connectivity index (χ3n) is 3.64. The quantitative estimate of drug-likeness (QED) is 0.853. The monoisotopic (exact) mass is 338 g/mol. The normalized spacial score (nSPS) is 11.8. The third-order valence-corrected chi connectivity index (χ3v) is 4.55. The summed E-state index contributed by atoms with van der Waals surface area (Å²) < 4.78 is 25.0. The average molecular weight is 338 g/mol. The number of hydrogen-bond donors (Lipinski definition) is 1. The van der Waals surface area contributed by atoms with Crippen molar-refractivity contribution in [1.82, 2.24) is 14.5 Å². The molecule has 1 amide bonds. The Morgan fingerprint density at radius 3 is 2.61 bits per heavy atom. The summed E-state index contributed by atoms with van der Waals surface area (Å²) >= 11 is 0. The first-order valence-corrected chi connectivity index (χ1v) is 9.00. The molecule has 1 heterocycles. The number of benzene rings is 1. The summed E-state index contributed by atoms with van der Waals surface area (Å²) in [5, 5.41) is 5.17. The lowest BCUT2D eigenvalue weighted by atomic mass is 10.2. The molecule has 7 nitrogen and oxygen atoms in total. The van der Waals surface area contributed by atoms with Gasteiger partial charge in [-0.05, 0) is 24.6 Å². The highest BCUT2D eigenvalue weighted by molar-refractivity contribution is 7.89. The molecule has 0 fully saturated rings. The first-order chi connectivity index (χ1) is 10.7. The van der Waals surface area contributed by atoms with Gasteiger partial charge in [0.1, 0.15) is 5.82 Å². The van der Waals surface area contributed by atoms with Gasteiger partial charge in [0.25, 0.3) is 0 Å². The van der Waals surface area contributed by atoms with Crippen LogP contribution in [0.25, 0.3) is 11.0 Å². The van der Waals surface area contributed by atoms with Crippen LogP contribution < -0.4 is 5.14 Å². The second-order valence-electron chi connectivity index (χ2n) is 5.66. The van der Waals surface area contributed by atoms with Crippen molar-refractivity contribution < 1.29 is 13.2 Å². The van der Waals surface area contributed by atoms with Crippen molar-refractivity contribution in [3.63, 3.8) is 0 Å². The summed E-state index contributed by atoms with van der Waals surface area (Å²) in [5.41, 5.74) is 1.43. The Bertz CT molecular complexity index is 825. The Morgan fingerprint density at radius 2 is 2.04 bits per heavy atom. The maximum Gasteiger partial charge on any atom is 0.238 e. The molecule has 0 unspecified atom stereocenters. The van der Waals surface area contributed by atoms with Gasteiger partial charge in [-0.2, -0.15) is 0 Å². The number of amides is 1. The Morgan fingerprint density at radius 1 is 1.35 bits per heavy atom. The molecule has 2 aromatic rings. The van der Waals surface area contributed by atoms with E-state index >= 15 is 0 Å². The van der Waals surface area contributed by atoms with Crippen molar-refractivity contribution >= 4 is 27.0 Å². The van der Waals surface area contributed by atoms with Gasteiger partial charge in [0.15, 0.2) is 0 Å². The number of primary sulfonamides is 1. The second-order valence-corrected chi connectivity index (χ2v) is 7.22. The molecule has 0 radical (unpaired) electrons. The highest BCUT2D eigenvalue weighted by Crippen LogP contribution is 2.21. The molecule has 8 heteroatoms. The number of aromatic nitrogens is 2. The van der Waals surface area contributed by atoms with Crippen LogP contribution in [0.2, 0.25) is 0 Å². The Balaban J connectivity index is 2.43. The number of fused-ring (bicyclic) bond motifs is 1. The van der Waals surface area contributed by atoms with E-state index in [0.29, 0.717) is 18.4 Å². The molecule has 126 valence electrons. The van der Waals surface area contributed by atoms with Gasteiger partial charge in [-0.15, -0.1) is 0 Å². The van der Waals surface area contributed by atoms with Gasteiger partial charge >= 0.3 is 0 Å². The minimum Gasteiger partial charge on any atom is -0.349 e. The summed E-state index contributed by atoms with van der Waals surface area (Å²) in [4.78, 5) is 17.9. The average Bonchev–Trinajstić information content (AvgIpc) is 2.81. The number of hydrogen-bond acceptors (Lipinski definition) is 4. The Labute approximate surface area is 136 Å². The van der Waals surface area contributed by atoms with Crippen molar-refractivity contribution in [2.75, 3.05) is 14.1 Å². The number of carbonyl (C=O) groups excluding carboxylic acids is 1. The fraction of sp³-hybridized carbons (Fsp3) is 0.467. The van der Waals surface area contributed by atoms with Crippen molar-refractivity contribution in [2.45, 2.75) is 37.6 Å². The predicted molar refractivity (Wildman–Crippen MR) is 88.4 cm³/mol. The van der Waals surface area contributed by atoms with Crippen molar-refractivity contribution in [3.05, 3.63) is 24.0 Å². The first-order valence-electron chi connectivity index (χ1n) is 7.46. The molecule has 0 saturated heterocycles. The number of carbonyl (C=O) groups is 1. The van der Waals surface area contributed by atoms with E-state index in [2.05, 4.69) is 11.9 Å².